The Hall–Kier alpha value is -2.57. The van der Waals surface area contributed by atoms with Crippen LogP contribution in [0.2, 0.25) is 0 Å². The fraction of sp³-hybridized carbons (Fsp3) is 0.400. The maximum atomic E-state index is 12.4. The zero-order valence-electron chi connectivity index (χ0n) is 12.6. The number of rotatable bonds is 4. The monoisotopic (exact) mass is 303 g/mol. The van der Waals surface area contributed by atoms with Gasteiger partial charge in [0.1, 0.15) is 11.3 Å². The minimum atomic E-state index is -1.09. The molecule has 0 aliphatic heterocycles. The number of carboxylic acids is 1. The fourth-order valence-electron chi connectivity index (χ4n) is 2.61. The number of aliphatic carboxylic acids is 1. The molecule has 0 unspecified atom stereocenters. The molecule has 0 spiro atoms. The predicted molar refractivity (Wildman–Crippen MR) is 77.1 cm³/mol. The molecular formula is C15H17N3O4. The van der Waals surface area contributed by atoms with Crippen molar-refractivity contribution in [2.24, 2.45) is 0 Å². The number of carboxylic acid groups (broad SMARTS) is 1. The summed E-state index contributed by atoms with van der Waals surface area (Å²) >= 11 is 0. The van der Waals surface area contributed by atoms with Gasteiger partial charge in [-0.15, -0.1) is 0 Å². The van der Waals surface area contributed by atoms with Crippen LogP contribution in [0.25, 0.3) is 5.82 Å². The Kier molecular flexibility index (Phi) is 3.09. The Morgan fingerprint density at radius 2 is 2.00 bits per heavy atom. The molecule has 1 amide bonds. The average molecular weight is 303 g/mol. The number of nitrogens with one attached hydrogen (secondary N) is 1. The van der Waals surface area contributed by atoms with E-state index >= 15 is 0 Å². The third kappa shape index (κ3) is 2.18. The summed E-state index contributed by atoms with van der Waals surface area (Å²) in [5.74, 6) is -0.0801. The predicted octanol–water partition coefficient (Wildman–Crippen LogP) is 1.74. The molecule has 22 heavy (non-hydrogen) atoms. The van der Waals surface area contributed by atoms with E-state index in [4.69, 9.17) is 9.63 Å². The molecule has 0 bridgehead atoms. The number of aromatic nitrogens is 2. The third-order valence-corrected chi connectivity index (χ3v) is 4.03. The van der Waals surface area contributed by atoms with Gasteiger partial charge in [-0.3, -0.25) is 9.36 Å². The molecule has 116 valence electrons. The van der Waals surface area contributed by atoms with Crippen molar-refractivity contribution < 1.29 is 19.2 Å². The smallest absolute Gasteiger partial charge is 0.329 e. The van der Waals surface area contributed by atoms with Crippen LogP contribution in [0, 0.1) is 20.8 Å². The maximum absolute atomic E-state index is 12.4. The highest BCUT2D eigenvalue weighted by molar-refractivity contribution is 6.00. The SMILES string of the molecule is Cc1cc(-n2c(C)cc(C(=O)NC3(C(=O)O)CC3)c2C)no1. The molecule has 7 heteroatoms. The van der Waals surface area contributed by atoms with E-state index in [0.29, 0.717) is 35.7 Å². The van der Waals surface area contributed by atoms with Crippen molar-refractivity contribution in [3.63, 3.8) is 0 Å². The molecule has 2 heterocycles. The highest BCUT2D eigenvalue weighted by Gasteiger charge is 2.51. The molecule has 3 rings (SSSR count). The lowest BCUT2D eigenvalue weighted by Crippen LogP contribution is -2.43. The van der Waals surface area contributed by atoms with Gasteiger partial charge in [-0.2, -0.15) is 0 Å². The molecule has 2 aromatic rings. The largest absolute Gasteiger partial charge is 0.480 e. The van der Waals surface area contributed by atoms with Crippen molar-refractivity contribution in [3.8, 4) is 5.82 Å². The number of hydrogen-bond acceptors (Lipinski definition) is 4. The second kappa shape index (κ2) is 4.72. The van der Waals surface area contributed by atoms with E-state index in [-0.39, 0.29) is 5.91 Å². The normalized spacial score (nSPS) is 15.6. The lowest BCUT2D eigenvalue weighted by atomic mass is 10.2. The summed E-state index contributed by atoms with van der Waals surface area (Å²) in [5, 5.41) is 15.8. The summed E-state index contributed by atoms with van der Waals surface area (Å²) in [4.78, 5) is 23.6. The summed E-state index contributed by atoms with van der Waals surface area (Å²) in [6, 6.07) is 3.51. The number of amides is 1. The van der Waals surface area contributed by atoms with E-state index < -0.39 is 11.5 Å². The van der Waals surface area contributed by atoms with Crippen LogP contribution in [0.1, 0.15) is 40.3 Å². The van der Waals surface area contributed by atoms with E-state index in [9.17, 15) is 9.59 Å². The zero-order valence-corrected chi connectivity index (χ0v) is 12.6. The summed E-state index contributed by atoms with van der Waals surface area (Å²) in [7, 11) is 0. The molecular weight excluding hydrogens is 286 g/mol. The van der Waals surface area contributed by atoms with Crippen molar-refractivity contribution in [1.82, 2.24) is 15.0 Å². The molecule has 0 atom stereocenters. The summed E-state index contributed by atoms with van der Waals surface area (Å²) in [6.07, 6.45) is 0.935. The van der Waals surface area contributed by atoms with Crippen LogP contribution in [-0.2, 0) is 4.79 Å². The Morgan fingerprint density at radius 3 is 2.50 bits per heavy atom. The van der Waals surface area contributed by atoms with E-state index in [1.54, 1.807) is 26.0 Å². The Labute approximate surface area is 126 Å². The summed E-state index contributed by atoms with van der Waals surface area (Å²) < 4.78 is 6.88. The summed E-state index contributed by atoms with van der Waals surface area (Å²) in [6.45, 7) is 5.45. The highest BCUT2D eigenvalue weighted by Crippen LogP contribution is 2.36. The second-order valence-corrected chi connectivity index (χ2v) is 5.76. The molecule has 0 saturated heterocycles. The number of hydrogen-bond donors (Lipinski definition) is 2. The number of carbonyl (C=O) groups excluding carboxylic acids is 1. The molecule has 2 aromatic heterocycles. The highest BCUT2D eigenvalue weighted by atomic mass is 16.5. The summed E-state index contributed by atoms with van der Waals surface area (Å²) in [5.41, 5.74) is 0.885. The van der Waals surface area contributed by atoms with Gasteiger partial charge in [-0.25, -0.2) is 4.79 Å². The van der Waals surface area contributed by atoms with Crippen LogP contribution >= 0.6 is 0 Å². The molecule has 1 aliphatic rings. The van der Waals surface area contributed by atoms with Crippen LogP contribution < -0.4 is 5.32 Å². The lowest BCUT2D eigenvalue weighted by Gasteiger charge is -2.12. The molecule has 1 saturated carbocycles. The average Bonchev–Trinajstić information content (AvgIpc) is 3.01. The second-order valence-electron chi connectivity index (χ2n) is 5.76. The van der Waals surface area contributed by atoms with E-state index in [0.717, 1.165) is 5.69 Å². The molecule has 0 radical (unpaired) electrons. The first-order valence-corrected chi connectivity index (χ1v) is 7.02. The van der Waals surface area contributed by atoms with Gasteiger partial charge in [0.15, 0.2) is 5.82 Å². The molecule has 7 nitrogen and oxygen atoms in total. The van der Waals surface area contributed by atoms with Crippen molar-refractivity contribution in [1.29, 1.82) is 0 Å². The molecule has 0 aromatic carbocycles. The van der Waals surface area contributed by atoms with E-state index in [1.165, 1.54) is 0 Å². The van der Waals surface area contributed by atoms with Crippen molar-refractivity contribution in [2.75, 3.05) is 0 Å². The first-order chi connectivity index (χ1) is 10.3. The van der Waals surface area contributed by atoms with Gasteiger partial charge in [0.25, 0.3) is 5.91 Å². The molecule has 2 N–H and O–H groups in total. The van der Waals surface area contributed by atoms with Gasteiger partial charge in [0, 0.05) is 17.5 Å². The van der Waals surface area contributed by atoms with Crippen LogP contribution in [0.3, 0.4) is 0 Å². The van der Waals surface area contributed by atoms with Crippen LogP contribution in [0.15, 0.2) is 16.7 Å². The number of carbonyl (C=O) groups is 2. The van der Waals surface area contributed by atoms with Gasteiger partial charge in [-0.1, -0.05) is 5.16 Å². The van der Waals surface area contributed by atoms with Crippen molar-refractivity contribution >= 4 is 11.9 Å². The van der Waals surface area contributed by atoms with E-state index in [2.05, 4.69) is 10.5 Å². The first kappa shape index (κ1) is 14.4. The van der Waals surface area contributed by atoms with Crippen LogP contribution in [0.5, 0.6) is 0 Å². The van der Waals surface area contributed by atoms with Crippen LogP contribution in [0.4, 0.5) is 0 Å². The standard InChI is InChI=1S/C15H17N3O4/c1-8-6-11(13(19)16-15(4-5-15)14(20)21)10(3)18(8)12-7-9(2)22-17-12/h6-7H,4-5H2,1-3H3,(H,16,19)(H,20,21). The number of aryl methyl sites for hydroxylation is 2. The van der Waals surface area contributed by atoms with Gasteiger partial charge in [-0.05, 0) is 39.7 Å². The molecule has 1 aliphatic carbocycles. The van der Waals surface area contributed by atoms with Crippen molar-refractivity contribution in [2.45, 2.75) is 39.2 Å². The van der Waals surface area contributed by atoms with E-state index in [1.807, 2.05) is 11.5 Å². The lowest BCUT2D eigenvalue weighted by molar-refractivity contribution is -0.140. The Balaban J connectivity index is 1.93. The zero-order chi connectivity index (χ0) is 16.1. The third-order valence-electron chi connectivity index (χ3n) is 4.03. The van der Waals surface area contributed by atoms with Gasteiger partial charge in [0.2, 0.25) is 0 Å². The Morgan fingerprint density at radius 1 is 1.32 bits per heavy atom. The van der Waals surface area contributed by atoms with Crippen LogP contribution in [-0.4, -0.2) is 32.2 Å². The number of nitrogens with zero attached hydrogens (tertiary/aromatic N) is 2. The minimum absolute atomic E-state index is 0.375. The first-order valence-electron chi connectivity index (χ1n) is 7.02. The van der Waals surface area contributed by atoms with Gasteiger partial charge < -0.3 is 14.9 Å². The van der Waals surface area contributed by atoms with Gasteiger partial charge in [0.05, 0.1) is 5.56 Å². The quantitative estimate of drug-likeness (QED) is 0.896. The maximum Gasteiger partial charge on any atom is 0.329 e. The topological polar surface area (TPSA) is 97.4 Å². The fourth-order valence-corrected chi connectivity index (χ4v) is 2.61. The van der Waals surface area contributed by atoms with Gasteiger partial charge >= 0.3 is 5.97 Å². The van der Waals surface area contributed by atoms with Crippen molar-refractivity contribution in [3.05, 3.63) is 34.8 Å². The molecule has 1 fully saturated rings. The minimum Gasteiger partial charge on any atom is -0.480 e. The Bertz CT molecular complexity index is 768.